The van der Waals surface area contributed by atoms with Gasteiger partial charge in [0.2, 0.25) is 0 Å². The van der Waals surface area contributed by atoms with Gasteiger partial charge in [0.1, 0.15) is 0 Å². The summed E-state index contributed by atoms with van der Waals surface area (Å²) in [6, 6.07) is 0. The van der Waals surface area contributed by atoms with Gasteiger partial charge in [-0.2, -0.15) is 0 Å². The summed E-state index contributed by atoms with van der Waals surface area (Å²) in [5.74, 6) is 0.0208. The molecule has 0 radical (unpaired) electrons. The van der Waals surface area contributed by atoms with Crippen LogP contribution < -0.4 is 0 Å². The van der Waals surface area contributed by atoms with Crippen LogP contribution in [0.5, 0.6) is 0 Å². The average Bonchev–Trinajstić information content (AvgIpc) is 2.43. The number of hydrogen-bond donors (Lipinski definition) is 2. The van der Waals surface area contributed by atoms with Gasteiger partial charge in [0.05, 0.1) is 6.61 Å². The Bertz CT molecular complexity index is 128. The molecule has 1 fully saturated rings. The Hall–Kier alpha value is -0.0551. The van der Waals surface area contributed by atoms with Crippen LogP contribution in [-0.4, -0.2) is 30.9 Å². The average molecular weight is 144 g/mol. The van der Waals surface area contributed by atoms with Crippen molar-refractivity contribution in [3.63, 3.8) is 0 Å². The minimum Gasteiger partial charge on any atom is -0.427 e. The molecule has 3 nitrogen and oxygen atoms in total. The first-order chi connectivity index (χ1) is 4.60. The number of hydrogen-bond acceptors (Lipinski definition) is 3. The lowest BCUT2D eigenvalue weighted by molar-refractivity contribution is 0.148. The molecule has 0 heterocycles. The molecule has 0 spiro atoms. The van der Waals surface area contributed by atoms with E-state index in [-0.39, 0.29) is 11.2 Å². The van der Waals surface area contributed by atoms with Gasteiger partial charge in [-0.05, 0) is 11.8 Å². The van der Waals surface area contributed by atoms with Crippen molar-refractivity contribution < 1.29 is 14.8 Å². The summed E-state index contributed by atoms with van der Waals surface area (Å²) in [6.45, 7) is 2.62. The molecule has 10 heavy (non-hydrogen) atoms. The maximum Gasteiger partial charge on any atom is 0.455 e. The van der Waals surface area contributed by atoms with Crippen LogP contribution in [0.1, 0.15) is 13.3 Å². The fourth-order valence-corrected chi connectivity index (χ4v) is 1.40. The summed E-state index contributed by atoms with van der Waals surface area (Å²) in [5.41, 5.74) is 0.0168. The van der Waals surface area contributed by atoms with Crippen molar-refractivity contribution in [1.29, 1.82) is 0 Å². The second-order valence-electron chi connectivity index (χ2n) is 3.31. The summed E-state index contributed by atoms with van der Waals surface area (Å²) in [5, 5.41) is 17.5. The third kappa shape index (κ3) is 1.33. The van der Waals surface area contributed by atoms with Crippen molar-refractivity contribution in [3.05, 3.63) is 0 Å². The fourth-order valence-electron chi connectivity index (χ4n) is 1.40. The van der Waals surface area contributed by atoms with Crippen molar-refractivity contribution in [1.82, 2.24) is 0 Å². The van der Waals surface area contributed by atoms with Gasteiger partial charge < -0.3 is 14.8 Å². The first-order valence-electron chi connectivity index (χ1n) is 3.45. The van der Waals surface area contributed by atoms with Crippen LogP contribution in [0.25, 0.3) is 0 Å². The largest absolute Gasteiger partial charge is 0.455 e. The Morgan fingerprint density at radius 3 is 2.60 bits per heavy atom. The second kappa shape index (κ2) is 2.53. The minimum atomic E-state index is -1.17. The van der Waals surface area contributed by atoms with Crippen molar-refractivity contribution in [2.75, 3.05) is 13.7 Å². The third-order valence-electron chi connectivity index (χ3n) is 2.26. The van der Waals surface area contributed by atoms with Crippen LogP contribution in [0.3, 0.4) is 0 Å². The molecule has 0 bridgehead atoms. The van der Waals surface area contributed by atoms with E-state index < -0.39 is 7.12 Å². The van der Waals surface area contributed by atoms with E-state index in [4.69, 9.17) is 14.8 Å². The molecule has 1 rings (SSSR count). The van der Waals surface area contributed by atoms with Gasteiger partial charge in [0.25, 0.3) is 0 Å². The quantitative estimate of drug-likeness (QED) is 0.543. The van der Waals surface area contributed by atoms with Gasteiger partial charge in [-0.3, -0.25) is 0 Å². The van der Waals surface area contributed by atoms with Gasteiger partial charge in [0.15, 0.2) is 0 Å². The number of ether oxygens (including phenoxy) is 1. The Morgan fingerprint density at radius 2 is 2.30 bits per heavy atom. The van der Waals surface area contributed by atoms with Crippen molar-refractivity contribution in [3.8, 4) is 0 Å². The van der Waals surface area contributed by atoms with Crippen molar-refractivity contribution >= 4 is 7.12 Å². The molecule has 0 aliphatic heterocycles. The van der Waals surface area contributed by atoms with E-state index in [9.17, 15) is 0 Å². The lowest BCUT2D eigenvalue weighted by Gasteiger charge is -2.07. The predicted molar refractivity (Wildman–Crippen MR) is 38.5 cm³/mol. The molecule has 0 aromatic rings. The SMILES string of the molecule is COC[C@@]1(C)C[C@H]1B(O)O. The summed E-state index contributed by atoms with van der Waals surface area (Å²) in [4.78, 5) is 0. The molecule has 0 unspecified atom stereocenters. The lowest BCUT2D eigenvalue weighted by atomic mass is 9.79. The highest BCUT2D eigenvalue weighted by atomic mass is 16.5. The summed E-state index contributed by atoms with van der Waals surface area (Å²) >= 11 is 0. The molecule has 0 aromatic heterocycles. The van der Waals surface area contributed by atoms with Crippen LogP contribution in [-0.2, 0) is 4.74 Å². The molecule has 1 aliphatic carbocycles. The van der Waals surface area contributed by atoms with Crippen LogP contribution in [0.15, 0.2) is 0 Å². The predicted octanol–water partition coefficient (Wildman–Crippen LogP) is -0.114. The molecule has 4 heteroatoms. The topological polar surface area (TPSA) is 49.7 Å². The van der Waals surface area contributed by atoms with E-state index in [0.717, 1.165) is 6.42 Å². The Kier molecular flexibility index (Phi) is 2.03. The van der Waals surface area contributed by atoms with Crippen LogP contribution >= 0.6 is 0 Å². The molecule has 0 aromatic carbocycles. The van der Waals surface area contributed by atoms with Crippen LogP contribution in [0.4, 0.5) is 0 Å². The van der Waals surface area contributed by atoms with E-state index in [0.29, 0.717) is 6.61 Å². The molecular weight excluding hydrogens is 131 g/mol. The van der Waals surface area contributed by atoms with Gasteiger partial charge in [-0.1, -0.05) is 6.92 Å². The van der Waals surface area contributed by atoms with Crippen LogP contribution in [0, 0.1) is 5.41 Å². The Balaban J connectivity index is 2.33. The maximum atomic E-state index is 8.75. The maximum absolute atomic E-state index is 8.75. The normalized spacial score (nSPS) is 37.8. The smallest absolute Gasteiger partial charge is 0.427 e. The van der Waals surface area contributed by atoms with Gasteiger partial charge in [-0.25, -0.2) is 0 Å². The van der Waals surface area contributed by atoms with Crippen molar-refractivity contribution in [2.24, 2.45) is 5.41 Å². The Labute approximate surface area is 61.2 Å². The molecule has 1 saturated carbocycles. The zero-order valence-corrected chi connectivity index (χ0v) is 6.37. The summed E-state index contributed by atoms with van der Waals surface area (Å²) in [6.07, 6.45) is 0.860. The van der Waals surface area contributed by atoms with E-state index in [1.165, 1.54) is 0 Å². The van der Waals surface area contributed by atoms with Gasteiger partial charge in [-0.15, -0.1) is 0 Å². The third-order valence-corrected chi connectivity index (χ3v) is 2.26. The monoisotopic (exact) mass is 144 g/mol. The van der Waals surface area contributed by atoms with E-state index in [1.54, 1.807) is 7.11 Å². The molecular formula is C6H13BO3. The molecule has 58 valence electrons. The lowest BCUT2D eigenvalue weighted by Crippen LogP contribution is -2.17. The van der Waals surface area contributed by atoms with E-state index in [1.807, 2.05) is 6.92 Å². The highest BCUT2D eigenvalue weighted by Gasteiger charge is 2.55. The first kappa shape index (κ1) is 8.05. The van der Waals surface area contributed by atoms with Gasteiger partial charge in [0, 0.05) is 12.9 Å². The highest BCUT2D eigenvalue weighted by Crippen LogP contribution is 2.58. The number of rotatable bonds is 3. The molecule has 2 N–H and O–H groups in total. The van der Waals surface area contributed by atoms with Gasteiger partial charge >= 0.3 is 7.12 Å². The van der Waals surface area contributed by atoms with E-state index >= 15 is 0 Å². The highest BCUT2D eigenvalue weighted by molar-refractivity contribution is 6.44. The zero-order chi connectivity index (χ0) is 7.78. The summed E-state index contributed by atoms with van der Waals surface area (Å²) < 4.78 is 4.93. The zero-order valence-electron chi connectivity index (χ0n) is 6.37. The molecule has 1 aliphatic rings. The molecule has 2 atom stereocenters. The van der Waals surface area contributed by atoms with E-state index in [2.05, 4.69) is 0 Å². The first-order valence-corrected chi connectivity index (χ1v) is 3.45. The van der Waals surface area contributed by atoms with Crippen LogP contribution in [0.2, 0.25) is 5.82 Å². The van der Waals surface area contributed by atoms with Crippen molar-refractivity contribution in [2.45, 2.75) is 19.2 Å². The minimum absolute atomic E-state index is 0.0168. The molecule has 0 saturated heterocycles. The number of methoxy groups -OCH3 is 1. The molecule has 0 amide bonds. The standard InChI is InChI=1S/C6H13BO3/c1-6(4-10-2)3-5(6)7(8)9/h5,8-9H,3-4H2,1-2H3/t5-,6-/m1/s1. The summed E-state index contributed by atoms with van der Waals surface area (Å²) in [7, 11) is 0.463. The fraction of sp³-hybridized carbons (Fsp3) is 1.00. The second-order valence-corrected chi connectivity index (χ2v) is 3.31. The Morgan fingerprint density at radius 1 is 1.70 bits per heavy atom.